The van der Waals surface area contributed by atoms with Crippen molar-refractivity contribution in [1.82, 2.24) is 14.8 Å². The van der Waals surface area contributed by atoms with Gasteiger partial charge in [-0.15, -0.1) is 0 Å². The molecule has 1 aliphatic heterocycles. The molecule has 0 amide bonds. The van der Waals surface area contributed by atoms with Gasteiger partial charge in [0.1, 0.15) is 0 Å². The van der Waals surface area contributed by atoms with Gasteiger partial charge in [0, 0.05) is 25.0 Å². The van der Waals surface area contributed by atoms with E-state index in [1.165, 1.54) is 0 Å². The summed E-state index contributed by atoms with van der Waals surface area (Å²) in [7, 11) is 0. The zero-order chi connectivity index (χ0) is 13.1. The highest BCUT2D eigenvalue weighted by molar-refractivity contribution is 5.44. The average Bonchev–Trinajstić information content (AvgIpc) is 2.94. The molecule has 1 saturated heterocycles. The van der Waals surface area contributed by atoms with Gasteiger partial charge in [-0.25, -0.2) is 9.67 Å². The van der Waals surface area contributed by atoms with Crippen LogP contribution in [-0.4, -0.2) is 33.5 Å². The van der Waals surface area contributed by atoms with Gasteiger partial charge in [-0.1, -0.05) is 0 Å². The van der Waals surface area contributed by atoms with Crippen LogP contribution in [0.5, 0.6) is 0 Å². The van der Waals surface area contributed by atoms with Gasteiger partial charge in [0.05, 0.1) is 18.0 Å². The molecule has 5 heteroatoms. The molecule has 0 aromatic carbocycles. The summed E-state index contributed by atoms with van der Waals surface area (Å²) in [6.45, 7) is 2.95. The summed E-state index contributed by atoms with van der Waals surface area (Å²) < 4.78 is 7.30. The van der Waals surface area contributed by atoms with Gasteiger partial charge in [-0.3, -0.25) is 0 Å². The van der Waals surface area contributed by atoms with Gasteiger partial charge in [-0.2, -0.15) is 5.10 Å². The largest absolute Gasteiger partial charge is 0.381 e. The van der Waals surface area contributed by atoms with E-state index in [1.54, 1.807) is 10.9 Å². The minimum Gasteiger partial charge on any atom is -0.381 e. The summed E-state index contributed by atoms with van der Waals surface area (Å²) in [4.78, 5) is 4.41. The van der Waals surface area contributed by atoms with E-state index in [4.69, 9.17) is 4.74 Å². The summed E-state index contributed by atoms with van der Waals surface area (Å²) in [5.74, 6) is 0.830. The standard InChI is InChI=1S/C14H18N4O/c1-11-9-12(5-8-19-11)17-13-3-4-14(15-10-13)18-7-2-6-16-18/h2-4,6-7,10-12,17H,5,8-9H2,1H3. The van der Waals surface area contributed by atoms with E-state index in [0.29, 0.717) is 12.1 Å². The first-order chi connectivity index (χ1) is 9.31. The Morgan fingerprint density at radius 2 is 2.37 bits per heavy atom. The molecule has 19 heavy (non-hydrogen) atoms. The smallest absolute Gasteiger partial charge is 0.153 e. The molecule has 1 fully saturated rings. The highest BCUT2D eigenvalue weighted by Gasteiger charge is 2.18. The first kappa shape index (κ1) is 12.2. The number of anilines is 1. The number of nitrogens with zero attached hydrogens (tertiary/aromatic N) is 3. The maximum atomic E-state index is 5.55. The highest BCUT2D eigenvalue weighted by Crippen LogP contribution is 2.18. The molecule has 100 valence electrons. The van der Waals surface area contributed by atoms with Crippen LogP contribution >= 0.6 is 0 Å². The van der Waals surface area contributed by atoms with Crippen LogP contribution in [0.15, 0.2) is 36.8 Å². The predicted octanol–water partition coefficient (Wildman–Crippen LogP) is 2.25. The third-order valence-electron chi connectivity index (χ3n) is 3.34. The number of hydrogen-bond acceptors (Lipinski definition) is 4. The van der Waals surface area contributed by atoms with Gasteiger partial charge >= 0.3 is 0 Å². The van der Waals surface area contributed by atoms with Gasteiger partial charge in [0.2, 0.25) is 0 Å². The van der Waals surface area contributed by atoms with Crippen molar-refractivity contribution in [2.24, 2.45) is 0 Å². The molecule has 5 nitrogen and oxygen atoms in total. The topological polar surface area (TPSA) is 52.0 Å². The molecule has 3 heterocycles. The zero-order valence-corrected chi connectivity index (χ0v) is 11.0. The fourth-order valence-electron chi connectivity index (χ4n) is 2.38. The Morgan fingerprint density at radius 1 is 1.42 bits per heavy atom. The Balaban J connectivity index is 1.66. The molecule has 2 unspecified atom stereocenters. The Morgan fingerprint density at radius 3 is 3.05 bits per heavy atom. The van der Waals surface area contributed by atoms with E-state index in [-0.39, 0.29) is 0 Å². The molecular formula is C14H18N4O. The third-order valence-corrected chi connectivity index (χ3v) is 3.34. The Labute approximate surface area is 112 Å². The molecule has 2 aromatic rings. The molecule has 0 spiro atoms. The van der Waals surface area contributed by atoms with Crippen LogP contribution in [0.25, 0.3) is 5.82 Å². The number of nitrogens with one attached hydrogen (secondary N) is 1. The van der Waals surface area contributed by atoms with Crippen molar-refractivity contribution >= 4 is 5.69 Å². The quantitative estimate of drug-likeness (QED) is 0.917. The van der Waals surface area contributed by atoms with Crippen molar-refractivity contribution < 1.29 is 4.74 Å². The van der Waals surface area contributed by atoms with Crippen LogP contribution in [0.3, 0.4) is 0 Å². The van der Waals surface area contributed by atoms with Crippen LogP contribution in [0.2, 0.25) is 0 Å². The lowest BCUT2D eigenvalue weighted by Crippen LogP contribution is -2.32. The SMILES string of the molecule is CC1CC(Nc2ccc(-n3cccn3)nc2)CCO1. The lowest BCUT2D eigenvalue weighted by atomic mass is 10.0. The summed E-state index contributed by atoms with van der Waals surface area (Å²) >= 11 is 0. The molecule has 1 N–H and O–H groups in total. The van der Waals surface area contributed by atoms with E-state index >= 15 is 0 Å². The zero-order valence-electron chi connectivity index (χ0n) is 11.0. The van der Waals surface area contributed by atoms with Gasteiger partial charge in [-0.05, 0) is 38.0 Å². The molecule has 0 bridgehead atoms. The average molecular weight is 258 g/mol. The van der Waals surface area contributed by atoms with Crippen LogP contribution in [0, 0.1) is 0 Å². The lowest BCUT2D eigenvalue weighted by Gasteiger charge is -2.28. The molecule has 2 atom stereocenters. The second-order valence-corrected chi connectivity index (χ2v) is 4.90. The number of aromatic nitrogens is 3. The van der Waals surface area contributed by atoms with Crippen molar-refractivity contribution in [3.63, 3.8) is 0 Å². The number of pyridine rings is 1. The molecule has 0 aliphatic carbocycles. The third kappa shape index (κ3) is 2.93. The first-order valence-electron chi connectivity index (χ1n) is 6.65. The van der Waals surface area contributed by atoms with Gasteiger partial charge in [0.25, 0.3) is 0 Å². The molecule has 0 radical (unpaired) electrons. The molecule has 3 rings (SSSR count). The van der Waals surface area contributed by atoms with Gasteiger partial charge < -0.3 is 10.1 Å². The van der Waals surface area contributed by atoms with Crippen molar-refractivity contribution in [3.05, 3.63) is 36.8 Å². The maximum absolute atomic E-state index is 5.55. The van der Waals surface area contributed by atoms with Crippen LogP contribution in [-0.2, 0) is 4.74 Å². The fraction of sp³-hybridized carbons (Fsp3) is 0.429. The number of ether oxygens (including phenoxy) is 1. The van der Waals surface area contributed by atoms with Crippen LogP contribution < -0.4 is 5.32 Å². The van der Waals surface area contributed by atoms with Gasteiger partial charge in [0.15, 0.2) is 5.82 Å². The van der Waals surface area contributed by atoms with Crippen LogP contribution in [0.4, 0.5) is 5.69 Å². The molecule has 0 saturated carbocycles. The van der Waals surface area contributed by atoms with E-state index in [1.807, 2.05) is 30.6 Å². The second-order valence-electron chi connectivity index (χ2n) is 4.90. The normalized spacial score (nSPS) is 23.2. The monoisotopic (exact) mass is 258 g/mol. The van der Waals surface area contributed by atoms with E-state index in [9.17, 15) is 0 Å². The lowest BCUT2D eigenvalue weighted by molar-refractivity contribution is 0.0232. The van der Waals surface area contributed by atoms with Crippen LogP contribution in [0.1, 0.15) is 19.8 Å². The van der Waals surface area contributed by atoms with Crippen molar-refractivity contribution in [1.29, 1.82) is 0 Å². The minimum atomic E-state index is 0.336. The summed E-state index contributed by atoms with van der Waals surface area (Å²) in [6, 6.07) is 6.38. The van der Waals surface area contributed by atoms with E-state index < -0.39 is 0 Å². The Bertz CT molecular complexity index is 509. The summed E-state index contributed by atoms with van der Waals surface area (Å²) in [6.07, 6.45) is 7.92. The minimum absolute atomic E-state index is 0.336. The maximum Gasteiger partial charge on any atom is 0.153 e. The number of rotatable bonds is 3. The summed E-state index contributed by atoms with van der Waals surface area (Å²) in [5.41, 5.74) is 1.05. The second kappa shape index (κ2) is 5.40. The molecular weight excluding hydrogens is 240 g/mol. The highest BCUT2D eigenvalue weighted by atomic mass is 16.5. The molecule has 1 aliphatic rings. The Kier molecular flexibility index (Phi) is 3.46. The van der Waals surface area contributed by atoms with E-state index in [2.05, 4.69) is 22.3 Å². The number of hydrogen-bond donors (Lipinski definition) is 1. The van der Waals surface area contributed by atoms with Crippen molar-refractivity contribution in [2.75, 3.05) is 11.9 Å². The van der Waals surface area contributed by atoms with Crippen molar-refractivity contribution in [3.8, 4) is 5.82 Å². The Hall–Kier alpha value is -1.88. The first-order valence-corrected chi connectivity index (χ1v) is 6.65. The fourth-order valence-corrected chi connectivity index (χ4v) is 2.38. The van der Waals surface area contributed by atoms with Crippen molar-refractivity contribution in [2.45, 2.75) is 31.9 Å². The predicted molar refractivity (Wildman–Crippen MR) is 73.4 cm³/mol. The molecule has 2 aromatic heterocycles. The van der Waals surface area contributed by atoms with E-state index in [0.717, 1.165) is 31.0 Å². The summed E-state index contributed by atoms with van der Waals surface area (Å²) in [5, 5.41) is 7.67.